The first kappa shape index (κ1) is 20.6. The topological polar surface area (TPSA) is 59.8 Å². The van der Waals surface area contributed by atoms with Crippen molar-refractivity contribution in [1.82, 2.24) is 14.8 Å². The highest BCUT2D eigenvalue weighted by atomic mass is 32.2. The molecule has 0 saturated carbocycles. The summed E-state index contributed by atoms with van der Waals surface area (Å²) in [6.45, 7) is 8.40. The zero-order valence-corrected chi connectivity index (χ0v) is 18.4. The van der Waals surface area contributed by atoms with Gasteiger partial charge in [-0.2, -0.15) is 0 Å². The average molecular weight is 415 g/mol. The van der Waals surface area contributed by atoms with E-state index in [4.69, 9.17) is 0 Å². The number of nitrogens with one attached hydrogen (secondary N) is 1. The van der Waals surface area contributed by atoms with Crippen molar-refractivity contribution in [3.63, 3.8) is 0 Å². The molecule has 1 amide bonds. The summed E-state index contributed by atoms with van der Waals surface area (Å²) in [5.41, 5.74) is 3.00. The largest absolute Gasteiger partial charge is 0.325 e. The zero-order valence-electron chi connectivity index (χ0n) is 16.7. The number of rotatable bonds is 8. The van der Waals surface area contributed by atoms with E-state index in [-0.39, 0.29) is 11.9 Å². The molecule has 0 bridgehead atoms. The number of nitrogens with zero attached hydrogens (tertiary/aromatic N) is 3. The molecule has 0 aliphatic carbocycles. The molecular formula is C21H26N4OS2. The number of hydrogen-bond donors (Lipinski definition) is 1. The second kappa shape index (κ2) is 9.39. The van der Waals surface area contributed by atoms with E-state index in [1.807, 2.05) is 31.2 Å². The van der Waals surface area contributed by atoms with Crippen molar-refractivity contribution < 1.29 is 4.79 Å². The van der Waals surface area contributed by atoms with Crippen LogP contribution in [0.2, 0.25) is 0 Å². The Balaban J connectivity index is 1.72. The van der Waals surface area contributed by atoms with Gasteiger partial charge >= 0.3 is 0 Å². The summed E-state index contributed by atoms with van der Waals surface area (Å²) in [5.74, 6) is 1.12. The normalized spacial score (nSPS) is 11.2. The quantitative estimate of drug-likeness (QED) is 0.489. The summed E-state index contributed by atoms with van der Waals surface area (Å²) in [4.78, 5) is 13.7. The summed E-state index contributed by atoms with van der Waals surface area (Å²) in [5, 5.41) is 14.7. The lowest BCUT2D eigenvalue weighted by Gasteiger charge is -2.13. The predicted molar refractivity (Wildman–Crippen MR) is 118 cm³/mol. The Kier molecular flexibility index (Phi) is 6.91. The number of hydrogen-bond acceptors (Lipinski definition) is 5. The number of aromatic nitrogens is 3. The highest BCUT2D eigenvalue weighted by Crippen LogP contribution is 2.31. The Labute approximate surface area is 174 Å². The molecule has 3 aromatic rings. The summed E-state index contributed by atoms with van der Waals surface area (Å²) < 4.78 is 2.11. The van der Waals surface area contributed by atoms with Crippen LogP contribution < -0.4 is 5.32 Å². The van der Waals surface area contributed by atoms with Crippen LogP contribution in [0.5, 0.6) is 0 Å². The molecular weight excluding hydrogens is 388 g/mol. The Bertz CT molecular complexity index is 946. The molecule has 0 atom stereocenters. The van der Waals surface area contributed by atoms with Crippen molar-refractivity contribution >= 4 is 34.7 Å². The van der Waals surface area contributed by atoms with Gasteiger partial charge in [-0.25, -0.2) is 0 Å². The van der Waals surface area contributed by atoms with Gasteiger partial charge in [0.25, 0.3) is 0 Å². The molecule has 2 heterocycles. The van der Waals surface area contributed by atoms with Gasteiger partial charge in [-0.3, -0.25) is 9.36 Å². The third-order valence-corrected chi connectivity index (χ3v) is 6.28. The molecule has 0 unspecified atom stereocenters. The molecule has 1 aromatic carbocycles. The number of thioether (sulfide) groups is 1. The molecule has 148 valence electrons. The molecule has 2 aromatic heterocycles. The number of carbonyl (C=O) groups is 1. The second-order valence-corrected chi connectivity index (χ2v) is 8.91. The van der Waals surface area contributed by atoms with Crippen LogP contribution in [0.15, 0.2) is 40.9 Å². The highest BCUT2D eigenvalue weighted by Gasteiger charge is 2.19. The molecule has 0 aliphatic rings. The first-order chi connectivity index (χ1) is 13.5. The Hall–Kier alpha value is -2.12. The average Bonchev–Trinajstić information content (AvgIpc) is 3.29. The minimum Gasteiger partial charge on any atom is -0.325 e. The summed E-state index contributed by atoms with van der Waals surface area (Å²) in [6, 6.07) is 10.2. The third-order valence-electron chi connectivity index (χ3n) is 4.34. The lowest BCUT2D eigenvalue weighted by atomic mass is 10.2. The van der Waals surface area contributed by atoms with Crippen molar-refractivity contribution in [2.75, 3.05) is 11.1 Å². The number of carbonyl (C=O) groups excluding carboxylic acids is 1. The first-order valence-electron chi connectivity index (χ1n) is 9.50. The third kappa shape index (κ3) is 4.83. The fourth-order valence-electron chi connectivity index (χ4n) is 2.94. The van der Waals surface area contributed by atoms with E-state index in [1.54, 1.807) is 11.3 Å². The van der Waals surface area contributed by atoms with Crippen LogP contribution in [0.1, 0.15) is 43.7 Å². The fourth-order valence-corrected chi connectivity index (χ4v) is 4.78. The van der Waals surface area contributed by atoms with Crippen LogP contribution in [0.4, 0.5) is 5.69 Å². The summed E-state index contributed by atoms with van der Waals surface area (Å²) in [6.07, 6.45) is 2.22. The molecule has 0 radical (unpaired) electrons. The van der Waals surface area contributed by atoms with Gasteiger partial charge in [0, 0.05) is 27.5 Å². The lowest BCUT2D eigenvalue weighted by molar-refractivity contribution is -0.113. The number of anilines is 1. The van der Waals surface area contributed by atoms with Crippen LogP contribution in [0, 0.1) is 6.92 Å². The Morgan fingerprint density at radius 3 is 2.79 bits per heavy atom. The number of thiophene rings is 1. The number of aryl methyl sites for hydroxylation is 2. The molecule has 0 saturated heterocycles. The second-order valence-electron chi connectivity index (χ2n) is 6.97. The predicted octanol–water partition coefficient (Wildman–Crippen LogP) is 5.58. The van der Waals surface area contributed by atoms with Gasteiger partial charge in [0.2, 0.25) is 5.91 Å². The lowest BCUT2D eigenvalue weighted by Crippen LogP contribution is -2.15. The zero-order chi connectivity index (χ0) is 20.1. The van der Waals surface area contributed by atoms with Crippen LogP contribution >= 0.6 is 23.1 Å². The van der Waals surface area contributed by atoms with Gasteiger partial charge in [-0.1, -0.05) is 43.3 Å². The van der Waals surface area contributed by atoms with Crippen LogP contribution in [0.3, 0.4) is 0 Å². The first-order valence-corrected chi connectivity index (χ1v) is 11.4. The van der Waals surface area contributed by atoms with Crippen molar-refractivity contribution in [2.45, 2.75) is 51.7 Å². The fraction of sp³-hybridized carbons (Fsp3) is 0.381. The van der Waals surface area contributed by atoms with Crippen molar-refractivity contribution in [3.8, 4) is 11.4 Å². The van der Waals surface area contributed by atoms with Gasteiger partial charge in [0.05, 0.1) is 5.75 Å². The molecule has 7 heteroatoms. The van der Waals surface area contributed by atoms with Crippen molar-refractivity contribution in [3.05, 3.63) is 46.2 Å². The van der Waals surface area contributed by atoms with Gasteiger partial charge in [0.1, 0.15) is 0 Å². The Morgan fingerprint density at radius 1 is 1.29 bits per heavy atom. The monoisotopic (exact) mass is 414 g/mol. The minimum absolute atomic E-state index is 0.0417. The van der Waals surface area contributed by atoms with Crippen molar-refractivity contribution in [2.24, 2.45) is 0 Å². The number of para-hydroxylation sites is 1. The molecule has 28 heavy (non-hydrogen) atoms. The molecule has 0 fully saturated rings. The maximum absolute atomic E-state index is 12.4. The maximum atomic E-state index is 12.4. The number of amides is 1. The highest BCUT2D eigenvalue weighted by molar-refractivity contribution is 7.99. The van der Waals surface area contributed by atoms with Gasteiger partial charge in [0.15, 0.2) is 11.0 Å². The minimum atomic E-state index is -0.0417. The smallest absolute Gasteiger partial charge is 0.234 e. The van der Waals surface area contributed by atoms with Crippen LogP contribution in [-0.4, -0.2) is 26.4 Å². The van der Waals surface area contributed by atoms with Crippen LogP contribution in [-0.2, 0) is 11.2 Å². The molecule has 3 rings (SSSR count). The van der Waals surface area contributed by atoms with Crippen molar-refractivity contribution in [1.29, 1.82) is 0 Å². The summed E-state index contributed by atoms with van der Waals surface area (Å²) >= 11 is 3.19. The number of benzene rings is 1. The SMILES string of the molecule is CCCc1cc(-c2nnc(SCC(=O)Nc3ccccc3C)n2C(C)C)cs1. The van der Waals surface area contributed by atoms with E-state index >= 15 is 0 Å². The van der Waals surface area contributed by atoms with E-state index in [0.29, 0.717) is 5.75 Å². The van der Waals surface area contributed by atoms with Gasteiger partial charge in [-0.15, -0.1) is 21.5 Å². The molecule has 1 N–H and O–H groups in total. The van der Waals surface area contributed by atoms with E-state index in [9.17, 15) is 4.79 Å². The van der Waals surface area contributed by atoms with E-state index in [2.05, 4.69) is 52.3 Å². The maximum Gasteiger partial charge on any atom is 0.234 e. The van der Waals surface area contributed by atoms with E-state index < -0.39 is 0 Å². The Morgan fingerprint density at radius 2 is 2.07 bits per heavy atom. The standard InChI is InChI=1S/C21H26N4OS2/c1-5-8-17-11-16(12-27-17)20-23-24-21(25(20)14(2)3)28-13-19(26)22-18-10-7-6-9-15(18)4/h6-7,9-12,14H,5,8,13H2,1-4H3,(H,22,26). The van der Waals surface area contributed by atoms with Gasteiger partial charge in [-0.05, 0) is 44.9 Å². The van der Waals surface area contributed by atoms with E-state index in [0.717, 1.165) is 40.6 Å². The summed E-state index contributed by atoms with van der Waals surface area (Å²) in [7, 11) is 0. The van der Waals surface area contributed by atoms with Gasteiger partial charge < -0.3 is 5.32 Å². The molecule has 0 aliphatic heterocycles. The molecule has 0 spiro atoms. The van der Waals surface area contributed by atoms with E-state index in [1.165, 1.54) is 16.6 Å². The van der Waals surface area contributed by atoms with Crippen LogP contribution in [0.25, 0.3) is 11.4 Å². The molecule has 5 nitrogen and oxygen atoms in total.